The molecule has 0 aliphatic carbocycles. The van der Waals surface area contributed by atoms with Gasteiger partial charge in [-0.25, -0.2) is 4.98 Å². The maximum absolute atomic E-state index is 10.6. The Morgan fingerprint density at radius 1 is 0.742 bits per heavy atom. The number of phenolic OH excluding ortho intramolecular Hbond substituents is 1. The molecule has 31 heavy (non-hydrogen) atoms. The number of methoxy groups -OCH3 is 1. The Balaban J connectivity index is 1.71. The molecular formula is C25H17ClN2O3. The monoisotopic (exact) mass is 428 g/mol. The van der Waals surface area contributed by atoms with Gasteiger partial charge in [-0.1, -0.05) is 54.1 Å². The molecule has 0 amide bonds. The molecule has 0 saturated carbocycles. The van der Waals surface area contributed by atoms with Crippen LogP contribution >= 0.6 is 11.6 Å². The van der Waals surface area contributed by atoms with Gasteiger partial charge in [-0.15, -0.1) is 0 Å². The Kier molecular flexibility index (Phi) is 4.81. The quantitative estimate of drug-likeness (QED) is 0.349. The molecule has 5 aromatic rings. The predicted molar refractivity (Wildman–Crippen MR) is 122 cm³/mol. The normalized spacial score (nSPS) is 11.0. The number of para-hydroxylation sites is 2. The van der Waals surface area contributed by atoms with Crippen LogP contribution in [-0.4, -0.2) is 22.2 Å². The van der Waals surface area contributed by atoms with Gasteiger partial charge in [0.1, 0.15) is 5.75 Å². The summed E-state index contributed by atoms with van der Waals surface area (Å²) < 4.78 is 11.5. The molecule has 4 aromatic carbocycles. The second-order valence-corrected chi connectivity index (χ2v) is 7.33. The van der Waals surface area contributed by atoms with E-state index in [-0.39, 0.29) is 5.75 Å². The Morgan fingerprint density at radius 3 is 2.29 bits per heavy atom. The number of benzene rings is 4. The number of hydrogen-bond acceptors (Lipinski definition) is 5. The topological polar surface area (TPSA) is 64.5 Å². The Morgan fingerprint density at radius 2 is 1.48 bits per heavy atom. The van der Waals surface area contributed by atoms with Gasteiger partial charge in [-0.05, 0) is 36.4 Å². The maximum atomic E-state index is 10.6. The van der Waals surface area contributed by atoms with Gasteiger partial charge in [0.2, 0.25) is 5.88 Å². The number of fused-ring (bicyclic) bond motifs is 2. The Bertz CT molecular complexity index is 1440. The van der Waals surface area contributed by atoms with E-state index in [4.69, 9.17) is 21.1 Å². The first kappa shape index (κ1) is 19.2. The van der Waals surface area contributed by atoms with Gasteiger partial charge in [0.15, 0.2) is 17.3 Å². The summed E-state index contributed by atoms with van der Waals surface area (Å²) in [5.74, 6) is 1.67. The van der Waals surface area contributed by atoms with Crippen LogP contribution in [0, 0.1) is 0 Å². The van der Waals surface area contributed by atoms with E-state index >= 15 is 0 Å². The lowest BCUT2D eigenvalue weighted by Crippen LogP contribution is -1.97. The lowest BCUT2D eigenvalue weighted by atomic mass is 10.1. The predicted octanol–water partition coefficient (Wildman–Crippen LogP) is 6.61. The lowest BCUT2D eigenvalue weighted by Gasteiger charge is -2.13. The minimum atomic E-state index is -0.0248. The van der Waals surface area contributed by atoms with E-state index in [9.17, 15) is 5.11 Å². The number of ether oxygens (including phenoxy) is 2. The summed E-state index contributed by atoms with van der Waals surface area (Å²) in [6, 6.07) is 24.2. The molecule has 0 bridgehead atoms. The summed E-state index contributed by atoms with van der Waals surface area (Å²) in [5, 5.41) is 13.8. The van der Waals surface area contributed by atoms with Crippen molar-refractivity contribution in [2.45, 2.75) is 0 Å². The lowest BCUT2D eigenvalue weighted by molar-refractivity contribution is 0.374. The molecule has 0 saturated heterocycles. The molecule has 0 fully saturated rings. The minimum Gasteiger partial charge on any atom is -0.504 e. The molecule has 1 aromatic heterocycles. The SMILES string of the molecule is COc1cccc(-c2nc(Oc3ccc(Cl)c4ccccc34)c3ccccc3n2)c1O. The van der Waals surface area contributed by atoms with Gasteiger partial charge < -0.3 is 14.6 Å². The van der Waals surface area contributed by atoms with Crippen LogP contribution in [-0.2, 0) is 0 Å². The van der Waals surface area contributed by atoms with Crippen LogP contribution in [0.5, 0.6) is 23.1 Å². The highest BCUT2D eigenvalue weighted by atomic mass is 35.5. The molecule has 0 atom stereocenters. The number of rotatable bonds is 4. The highest BCUT2D eigenvalue weighted by molar-refractivity contribution is 6.35. The molecule has 0 aliphatic heterocycles. The van der Waals surface area contributed by atoms with Crippen molar-refractivity contribution in [2.75, 3.05) is 7.11 Å². The van der Waals surface area contributed by atoms with E-state index in [1.807, 2.05) is 54.6 Å². The van der Waals surface area contributed by atoms with Crippen molar-refractivity contribution in [3.8, 4) is 34.5 Å². The van der Waals surface area contributed by atoms with Crippen molar-refractivity contribution in [3.63, 3.8) is 0 Å². The van der Waals surface area contributed by atoms with Gasteiger partial charge in [0, 0.05) is 15.8 Å². The first-order chi connectivity index (χ1) is 15.2. The highest BCUT2D eigenvalue weighted by Crippen LogP contribution is 2.39. The molecule has 0 spiro atoms. The molecule has 5 nitrogen and oxygen atoms in total. The van der Waals surface area contributed by atoms with E-state index in [1.54, 1.807) is 24.3 Å². The van der Waals surface area contributed by atoms with Gasteiger partial charge in [-0.3, -0.25) is 0 Å². The summed E-state index contributed by atoms with van der Waals surface area (Å²) in [6.07, 6.45) is 0. The average molecular weight is 429 g/mol. The Labute approximate surface area is 183 Å². The van der Waals surface area contributed by atoms with Crippen LogP contribution in [0.2, 0.25) is 5.02 Å². The van der Waals surface area contributed by atoms with Crippen molar-refractivity contribution in [1.82, 2.24) is 9.97 Å². The standard InChI is InChI=1S/C25H17ClN2O3/c1-30-22-12-6-10-18(23(22)29)24-27-20-11-5-4-9-17(20)25(28-24)31-21-14-13-19(26)15-7-2-3-8-16(15)21/h2-14,29H,1H3. The van der Waals surface area contributed by atoms with Crippen LogP contribution in [0.3, 0.4) is 0 Å². The van der Waals surface area contributed by atoms with E-state index in [1.165, 1.54) is 7.11 Å². The van der Waals surface area contributed by atoms with Crippen LogP contribution < -0.4 is 9.47 Å². The van der Waals surface area contributed by atoms with Crippen LogP contribution in [0.15, 0.2) is 78.9 Å². The minimum absolute atomic E-state index is 0.0248. The molecular weight excluding hydrogens is 412 g/mol. The van der Waals surface area contributed by atoms with Crippen molar-refractivity contribution < 1.29 is 14.6 Å². The first-order valence-electron chi connectivity index (χ1n) is 9.64. The number of aromatic nitrogens is 2. The molecule has 1 heterocycles. The highest BCUT2D eigenvalue weighted by Gasteiger charge is 2.17. The second kappa shape index (κ2) is 7.78. The third kappa shape index (κ3) is 3.39. The van der Waals surface area contributed by atoms with Crippen LogP contribution in [0.1, 0.15) is 0 Å². The van der Waals surface area contributed by atoms with E-state index in [2.05, 4.69) is 9.97 Å². The van der Waals surface area contributed by atoms with Crippen molar-refractivity contribution >= 4 is 33.3 Å². The fraction of sp³-hybridized carbons (Fsp3) is 0.0400. The fourth-order valence-corrected chi connectivity index (χ4v) is 3.77. The zero-order chi connectivity index (χ0) is 21.4. The van der Waals surface area contributed by atoms with Gasteiger partial charge in [0.05, 0.1) is 23.6 Å². The third-order valence-corrected chi connectivity index (χ3v) is 5.40. The van der Waals surface area contributed by atoms with Crippen molar-refractivity contribution in [1.29, 1.82) is 0 Å². The van der Waals surface area contributed by atoms with E-state index < -0.39 is 0 Å². The van der Waals surface area contributed by atoms with Crippen LogP contribution in [0.4, 0.5) is 0 Å². The summed E-state index contributed by atoms with van der Waals surface area (Å²) in [5.41, 5.74) is 1.15. The molecule has 0 radical (unpaired) electrons. The maximum Gasteiger partial charge on any atom is 0.230 e. The zero-order valence-electron chi connectivity index (χ0n) is 16.5. The summed E-state index contributed by atoms with van der Waals surface area (Å²) >= 11 is 6.36. The number of nitrogens with zero attached hydrogens (tertiary/aromatic N) is 2. The molecule has 0 aliphatic rings. The van der Waals surface area contributed by atoms with E-state index in [0.29, 0.717) is 39.3 Å². The largest absolute Gasteiger partial charge is 0.504 e. The average Bonchev–Trinajstić information content (AvgIpc) is 2.81. The number of halogens is 1. The summed E-state index contributed by atoms with van der Waals surface area (Å²) in [4.78, 5) is 9.28. The van der Waals surface area contributed by atoms with Gasteiger partial charge in [-0.2, -0.15) is 4.98 Å². The number of aromatic hydroxyl groups is 1. The zero-order valence-corrected chi connectivity index (χ0v) is 17.3. The molecule has 6 heteroatoms. The van der Waals surface area contributed by atoms with Crippen molar-refractivity contribution in [2.24, 2.45) is 0 Å². The molecule has 152 valence electrons. The van der Waals surface area contributed by atoms with Gasteiger partial charge >= 0.3 is 0 Å². The first-order valence-corrected chi connectivity index (χ1v) is 10.0. The molecule has 1 N–H and O–H groups in total. The number of hydrogen-bond donors (Lipinski definition) is 1. The van der Waals surface area contributed by atoms with Crippen LogP contribution in [0.25, 0.3) is 33.1 Å². The van der Waals surface area contributed by atoms with Crippen molar-refractivity contribution in [3.05, 3.63) is 83.9 Å². The number of phenols is 1. The smallest absolute Gasteiger partial charge is 0.230 e. The van der Waals surface area contributed by atoms with Gasteiger partial charge in [0.25, 0.3) is 0 Å². The second-order valence-electron chi connectivity index (χ2n) is 6.92. The van der Waals surface area contributed by atoms with E-state index in [0.717, 1.165) is 16.2 Å². The fourth-order valence-electron chi connectivity index (χ4n) is 3.54. The molecule has 5 rings (SSSR count). The third-order valence-electron chi connectivity index (χ3n) is 5.07. The Hall–Kier alpha value is -3.83. The summed E-state index contributed by atoms with van der Waals surface area (Å²) in [7, 11) is 1.50. The summed E-state index contributed by atoms with van der Waals surface area (Å²) in [6.45, 7) is 0. The molecule has 0 unspecified atom stereocenters.